The van der Waals surface area contributed by atoms with Crippen LogP contribution in [0.25, 0.3) is 0 Å². The quantitative estimate of drug-likeness (QED) is 0.812. The van der Waals surface area contributed by atoms with Gasteiger partial charge in [0.1, 0.15) is 11.9 Å². The Morgan fingerprint density at radius 2 is 2.20 bits per heavy atom. The average molecular weight is 207 g/mol. The van der Waals surface area contributed by atoms with Crippen molar-refractivity contribution in [2.75, 3.05) is 19.4 Å². The molecular weight excluding hydrogens is 190 g/mol. The summed E-state index contributed by atoms with van der Waals surface area (Å²) < 4.78 is 0. The number of likely N-dealkylation sites (N-methyl/N-ethyl adjacent to an activating group) is 1. The number of nitrogens with zero attached hydrogens (tertiary/aromatic N) is 2. The van der Waals surface area contributed by atoms with E-state index in [1.54, 1.807) is 25.2 Å². The maximum atomic E-state index is 11.6. The second-order valence-corrected chi connectivity index (χ2v) is 3.77. The summed E-state index contributed by atoms with van der Waals surface area (Å²) in [7, 11) is 3.48. The molecule has 0 bridgehead atoms. The van der Waals surface area contributed by atoms with Gasteiger partial charge in [-0.25, -0.2) is 4.98 Å². The molecule has 0 aliphatic heterocycles. The Kier molecular flexibility index (Phi) is 3.66. The van der Waals surface area contributed by atoms with Gasteiger partial charge in [0.15, 0.2) is 0 Å². The zero-order chi connectivity index (χ0) is 11.4. The second kappa shape index (κ2) is 4.77. The third kappa shape index (κ3) is 2.94. The van der Waals surface area contributed by atoms with Crippen LogP contribution in [0.4, 0.5) is 5.82 Å². The van der Waals surface area contributed by atoms with Gasteiger partial charge in [0, 0.05) is 20.3 Å². The number of pyridine rings is 1. The normalized spacial score (nSPS) is 12.0. The minimum Gasteiger partial charge on any atom is -0.358 e. The average Bonchev–Trinajstić information content (AvgIpc) is 2.20. The number of carbonyl (C=O) groups excluding carboxylic acids is 1. The molecule has 4 nitrogen and oxygen atoms in total. The largest absolute Gasteiger partial charge is 0.358 e. The summed E-state index contributed by atoms with van der Waals surface area (Å²) in [6, 6.07) is 3.58. The van der Waals surface area contributed by atoms with Crippen molar-refractivity contribution in [2.24, 2.45) is 0 Å². The Balaban J connectivity index is 2.71. The predicted molar refractivity (Wildman–Crippen MR) is 60.8 cm³/mol. The van der Waals surface area contributed by atoms with Gasteiger partial charge in [-0.3, -0.25) is 4.79 Å². The molecule has 0 spiro atoms. The standard InChI is InChI=1S/C11H17N3O/c1-8-6-5-7-12-10(8)13-9(2)11(15)14(3)4/h5-7,9H,1-4H3,(H,12,13). The highest BCUT2D eigenvalue weighted by Gasteiger charge is 2.15. The Morgan fingerprint density at radius 1 is 1.53 bits per heavy atom. The van der Waals surface area contributed by atoms with Crippen molar-refractivity contribution < 1.29 is 4.79 Å². The van der Waals surface area contributed by atoms with Crippen LogP contribution in [0.3, 0.4) is 0 Å². The van der Waals surface area contributed by atoms with E-state index < -0.39 is 0 Å². The van der Waals surface area contributed by atoms with Crippen LogP contribution < -0.4 is 5.32 Å². The molecule has 0 aliphatic carbocycles. The summed E-state index contributed by atoms with van der Waals surface area (Å²) in [6.07, 6.45) is 1.71. The molecule has 1 rings (SSSR count). The summed E-state index contributed by atoms with van der Waals surface area (Å²) in [5, 5.41) is 3.09. The van der Waals surface area contributed by atoms with Crippen molar-refractivity contribution >= 4 is 11.7 Å². The van der Waals surface area contributed by atoms with E-state index in [0.717, 1.165) is 11.4 Å². The molecule has 1 heterocycles. The number of carbonyl (C=O) groups is 1. The number of nitrogens with one attached hydrogen (secondary N) is 1. The number of rotatable bonds is 3. The summed E-state index contributed by atoms with van der Waals surface area (Å²) >= 11 is 0. The van der Waals surface area contributed by atoms with Gasteiger partial charge in [-0.05, 0) is 25.5 Å². The first kappa shape index (κ1) is 11.5. The van der Waals surface area contributed by atoms with Crippen LogP contribution in [0.5, 0.6) is 0 Å². The monoisotopic (exact) mass is 207 g/mol. The molecular formula is C11H17N3O. The van der Waals surface area contributed by atoms with Gasteiger partial charge in [0.25, 0.3) is 0 Å². The van der Waals surface area contributed by atoms with Crippen LogP contribution in [-0.4, -0.2) is 35.9 Å². The molecule has 4 heteroatoms. The molecule has 1 aromatic rings. The van der Waals surface area contributed by atoms with Crippen LogP contribution in [-0.2, 0) is 4.79 Å². The molecule has 0 saturated carbocycles. The molecule has 1 aromatic heterocycles. The van der Waals surface area contributed by atoms with Crippen LogP contribution >= 0.6 is 0 Å². The van der Waals surface area contributed by atoms with Crippen molar-refractivity contribution in [1.82, 2.24) is 9.88 Å². The van der Waals surface area contributed by atoms with Gasteiger partial charge in [0.2, 0.25) is 5.91 Å². The maximum absolute atomic E-state index is 11.6. The lowest BCUT2D eigenvalue weighted by atomic mass is 10.2. The first-order valence-corrected chi connectivity index (χ1v) is 4.91. The molecule has 1 atom stereocenters. The Bertz CT molecular complexity index is 349. The number of hydrogen-bond donors (Lipinski definition) is 1. The third-order valence-electron chi connectivity index (χ3n) is 2.17. The number of amides is 1. The van der Waals surface area contributed by atoms with Crippen molar-refractivity contribution in [1.29, 1.82) is 0 Å². The number of hydrogen-bond acceptors (Lipinski definition) is 3. The molecule has 15 heavy (non-hydrogen) atoms. The minimum atomic E-state index is -0.256. The molecule has 1 N–H and O–H groups in total. The molecule has 0 aliphatic rings. The number of aryl methyl sites for hydroxylation is 1. The van der Waals surface area contributed by atoms with E-state index in [2.05, 4.69) is 10.3 Å². The van der Waals surface area contributed by atoms with Gasteiger partial charge in [0.05, 0.1) is 0 Å². The van der Waals surface area contributed by atoms with Gasteiger partial charge in [-0.1, -0.05) is 6.07 Å². The van der Waals surface area contributed by atoms with Crippen molar-refractivity contribution in [2.45, 2.75) is 19.9 Å². The molecule has 82 valence electrons. The van der Waals surface area contributed by atoms with E-state index in [9.17, 15) is 4.79 Å². The highest BCUT2D eigenvalue weighted by atomic mass is 16.2. The SMILES string of the molecule is Cc1cccnc1NC(C)C(=O)N(C)C. The van der Waals surface area contributed by atoms with Gasteiger partial charge >= 0.3 is 0 Å². The van der Waals surface area contributed by atoms with E-state index in [4.69, 9.17) is 0 Å². The van der Waals surface area contributed by atoms with Gasteiger partial charge < -0.3 is 10.2 Å². The van der Waals surface area contributed by atoms with Crippen molar-refractivity contribution in [3.8, 4) is 0 Å². The Labute approximate surface area is 90.3 Å². The first-order valence-electron chi connectivity index (χ1n) is 4.91. The predicted octanol–water partition coefficient (Wildman–Crippen LogP) is 1.28. The van der Waals surface area contributed by atoms with Crippen LogP contribution in [0.2, 0.25) is 0 Å². The molecule has 1 unspecified atom stereocenters. The number of aromatic nitrogens is 1. The van der Waals surface area contributed by atoms with E-state index in [1.165, 1.54) is 0 Å². The topological polar surface area (TPSA) is 45.2 Å². The fraction of sp³-hybridized carbons (Fsp3) is 0.455. The zero-order valence-corrected chi connectivity index (χ0v) is 9.61. The second-order valence-electron chi connectivity index (χ2n) is 3.77. The summed E-state index contributed by atoms with van der Waals surface area (Å²) in [6.45, 7) is 3.79. The number of anilines is 1. The smallest absolute Gasteiger partial charge is 0.244 e. The van der Waals surface area contributed by atoms with E-state index in [-0.39, 0.29) is 11.9 Å². The van der Waals surface area contributed by atoms with E-state index in [1.807, 2.05) is 26.0 Å². The zero-order valence-electron chi connectivity index (χ0n) is 9.61. The van der Waals surface area contributed by atoms with Crippen molar-refractivity contribution in [3.05, 3.63) is 23.9 Å². The lowest BCUT2D eigenvalue weighted by molar-refractivity contribution is -0.129. The Hall–Kier alpha value is -1.58. The van der Waals surface area contributed by atoms with Crippen LogP contribution in [0, 0.1) is 6.92 Å². The molecule has 0 fully saturated rings. The minimum absolute atomic E-state index is 0.0417. The maximum Gasteiger partial charge on any atom is 0.244 e. The fourth-order valence-corrected chi connectivity index (χ4v) is 1.29. The molecule has 1 amide bonds. The molecule has 0 saturated heterocycles. The summed E-state index contributed by atoms with van der Waals surface area (Å²) in [5.74, 6) is 0.806. The third-order valence-corrected chi connectivity index (χ3v) is 2.17. The van der Waals surface area contributed by atoms with Crippen molar-refractivity contribution in [3.63, 3.8) is 0 Å². The van der Waals surface area contributed by atoms with Gasteiger partial charge in [-0.15, -0.1) is 0 Å². The van der Waals surface area contributed by atoms with Gasteiger partial charge in [-0.2, -0.15) is 0 Å². The lowest BCUT2D eigenvalue weighted by Gasteiger charge is -2.19. The lowest BCUT2D eigenvalue weighted by Crippen LogP contribution is -2.37. The highest BCUT2D eigenvalue weighted by molar-refractivity contribution is 5.83. The molecule has 0 radical (unpaired) electrons. The van der Waals surface area contributed by atoms with Crippen LogP contribution in [0.1, 0.15) is 12.5 Å². The van der Waals surface area contributed by atoms with E-state index in [0.29, 0.717) is 0 Å². The van der Waals surface area contributed by atoms with Crippen LogP contribution in [0.15, 0.2) is 18.3 Å². The Morgan fingerprint density at radius 3 is 2.73 bits per heavy atom. The molecule has 0 aromatic carbocycles. The summed E-state index contributed by atoms with van der Waals surface area (Å²) in [5.41, 5.74) is 1.04. The first-order chi connectivity index (χ1) is 7.02. The highest BCUT2D eigenvalue weighted by Crippen LogP contribution is 2.10. The summed E-state index contributed by atoms with van der Waals surface area (Å²) in [4.78, 5) is 17.3. The fourth-order valence-electron chi connectivity index (χ4n) is 1.29. The van der Waals surface area contributed by atoms with E-state index >= 15 is 0 Å².